The predicted molar refractivity (Wildman–Crippen MR) is 96.0 cm³/mol. The number of aromatic nitrogens is 1. The molecule has 1 aromatic heterocycles. The van der Waals surface area contributed by atoms with E-state index in [0.717, 1.165) is 0 Å². The maximum atomic E-state index is 12.7. The topological polar surface area (TPSA) is 68.7 Å². The Morgan fingerprint density at radius 1 is 1.15 bits per heavy atom. The summed E-state index contributed by atoms with van der Waals surface area (Å²) in [5.41, 5.74) is 0.563. The number of likely N-dealkylation sites (tertiary alicyclic amines) is 1. The number of benzene rings is 1. The summed E-state index contributed by atoms with van der Waals surface area (Å²) in [5, 5.41) is 0. The number of amides is 1. The van der Waals surface area contributed by atoms with E-state index >= 15 is 0 Å². The fraction of sp³-hybridized carbons (Fsp3) is 0.350. The molecule has 2 aromatic rings. The summed E-state index contributed by atoms with van der Waals surface area (Å²) < 4.78 is 10.8. The van der Waals surface area contributed by atoms with Crippen LogP contribution in [0.5, 0.6) is 11.6 Å². The number of carbonyl (C=O) groups is 2. The summed E-state index contributed by atoms with van der Waals surface area (Å²) >= 11 is 0. The molecular weight excluding hydrogens is 332 g/mol. The van der Waals surface area contributed by atoms with Crippen molar-refractivity contribution in [1.82, 2.24) is 9.88 Å². The molecule has 1 amide bonds. The van der Waals surface area contributed by atoms with Gasteiger partial charge < -0.3 is 14.4 Å². The number of pyridine rings is 1. The van der Waals surface area contributed by atoms with Gasteiger partial charge in [-0.1, -0.05) is 12.1 Å². The summed E-state index contributed by atoms with van der Waals surface area (Å²) in [7, 11) is 0. The van der Waals surface area contributed by atoms with Crippen molar-refractivity contribution in [3.05, 3.63) is 54.2 Å². The maximum Gasteiger partial charge on any atom is 0.309 e. The molecule has 0 radical (unpaired) electrons. The van der Waals surface area contributed by atoms with Crippen molar-refractivity contribution in [3.8, 4) is 11.6 Å². The summed E-state index contributed by atoms with van der Waals surface area (Å²) in [6.45, 7) is 3.29. The summed E-state index contributed by atoms with van der Waals surface area (Å²) in [6.07, 6.45) is 2.92. The van der Waals surface area contributed by atoms with Crippen LogP contribution in [-0.2, 0) is 9.53 Å². The van der Waals surface area contributed by atoms with Crippen LogP contribution >= 0.6 is 0 Å². The molecule has 0 unspecified atom stereocenters. The highest BCUT2D eigenvalue weighted by atomic mass is 16.5. The van der Waals surface area contributed by atoms with Crippen LogP contribution in [0.1, 0.15) is 30.1 Å². The zero-order chi connectivity index (χ0) is 18.4. The first-order chi connectivity index (χ1) is 12.7. The van der Waals surface area contributed by atoms with Gasteiger partial charge in [0.1, 0.15) is 5.75 Å². The van der Waals surface area contributed by atoms with Crippen LogP contribution < -0.4 is 4.74 Å². The molecule has 1 aromatic carbocycles. The molecule has 1 fully saturated rings. The minimum absolute atomic E-state index is 0.0567. The van der Waals surface area contributed by atoms with Crippen LogP contribution in [0, 0.1) is 5.92 Å². The lowest BCUT2D eigenvalue weighted by molar-refractivity contribution is -0.149. The number of hydrogen-bond acceptors (Lipinski definition) is 5. The average Bonchev–Trinajstić information content (AvgIpc) is 2.69. The molecule has 6 heteroatoms. The van der Waals surface area contributed by atoms with E-state index in [1.54, 1.807) is 48.4 Å². The summed E-state index contributed by atoms with van der Waals surface area (Å²) in [4.78, 5) is 30.5. The molecule has 1 saturated heterocycles. The van der Waals surface area contributed by atoms with Gasteiger partial charge >= 0.3 is 5.97 Å². The van der Waals surface area contributed by atoms with Crippen LogP contribution in [0.4, 0.5) is 0 Å². The molecular formula is C20H22N2O4. The Morgan fingerprint density at radius 3 is 2.65 bits per heavy atom. The quantitative estimate of drug-likeness (QED) is 0.771. The fourth-order valence-corrected chi connectivity index (χ4v) is 2.98. The van der Waals surface area contributed by atoms with Crippen LogP contribution in [0.2, 0.25) is 0 Å². The first kappa shape index (κ1) is 17.9. The molecule has 2 heterocycles. The minimum atomic E-state index is -0.162. The molecule has 0 aliphatic carbocycles. The average molecular weight is 354 g/mol. The van der Waals surface area contributed by atoms with Crippen molar-refractivity contribution < 1.29 is 19.1 Å². The first-order valence-electron chi connectivity index (χ1n) is 8.82. The zero-order valence-corrected chi connectivity index (χ0v) is 14.8. The third-order valence-electron chi connectivity index (χ3n) is 4.34. The number of nitrogens with zero attached hydrogens (tertiary/aromatic N) is 2. The molecule has 0 bridgehead atoms. The predicted octanol–water partition coefficient (Wildman–Crippen LogP) is 3.29. The number of hydrogen-bond donors (Lipinski definition) is 0. The van der Waals surface area contributed by atoms with Gasteiger partial charge in [-0.15, -0.1) is 0 Å². The molecule has 0 N–H and O–H groups in total. The lowest BCUT2D eigenvalue weighted by Crippen LogP contribution is -2.40. The Bertz CT molecular complexity index is 755. The molecule has 0 spiro atoms. The molecule has 136 valence electrons. The van der Waals surface area contributed by atoms with E-state index in [1.807, 2.05) is 12.1 Å². The number of ether oxygens (including phenoxy) is 2. The van der Waals surface area contributed by atoms with Gasteiger partial charge in [0.25, 0.3) is 5.91 Å². The Balaban J connectivity index is 1.62. The van der Waals surface area contributed by atoms with Crippen molar-refractivity contribution in [2.75, 3.05) is 19.7 Å². The molecule has 0 saturated carbocycles. The highest BCUT2D eigenvalue weighted by molar-refractivity contribution is 5.94. The van der Waals surface area contributed by atoms with Crippen molar-refractivity contribution in [1.29, 1.82) is 0 Å². The standard InChI is InChI=1S/C20H22N2O4/c1-2-25-20(24)15-9-12-22(13-10-15)19(23)16-6-5-7-17(14-16)26-18-8-3-4-11-21-18/h3-8,11,14-15H,2,9-10,12-13H2,1H3. The summed E-state index contributed by atoms with van der Waals surface area (Å²) in [6, 6.07) is 12.5. The van der Waals surface area contributed by atoms with Crippen molar-refractivity contribution in [3.63, 3.8) is 0 Å². The smallest absolute Gasteiger partial charge is 0.309 e. The van der Waals surface area contributed by atoms with Crippen LogP contribution in [0.15, 0.2) is 48.7 Å². The Morgan fingerprint density at radius 2 is 1.96 bits per heavy atom. The van der Waals surface area contributed by atoms with Gasteiger partial charge in [-0.05, 0) is 44.0 Å². The second-order valence-electron chi connectivity index (χ2n) is 6.12. The van der Waals surface area contributed by atoms with Crippen LogP contribution in [0.25, 0.3) is 0 Å². The van der Waals surface area contributed by atoms with Gasteiger partial charge in [0.2, 0.25) is 5.88 Å². The lowest BCUT2D eigenvalue weighted by atomic mass is 9.96. The second-order valence-corrected chi connectivity index (χ2v) is 6.12. The second kappa shape index (κ2) is 8.47. The zero-order valence-electron chi connectivity index (χ0n) is 14.8. The van der Waals surface area contributed by atoms with E-state index in [2.05, 4.69) is 4.98 Å². The maximum absolute atomic E-state index is 12.7. The highest BCUT2D eigenvalue weighted by Crippen LogP contribution is 2.23. The summed E-state index contributed by atoms with van der Waals surface area (Å²) in [5.74, 6) is 0.713. The number of piperidine rings is 1. The van der Waals surface area contributed by atoms with E-state index in [9.17, 15) is 9.59 Å². The molecule has 26 heavy (non-hydrogen) atoms. The third-order valence-corrected chi connectivity index (χ3v) is 4.34. The first-order valence-corrected chi connectivity index (χ1v) is 8.82. The number of carbonyl (C=O) groups excluding carboxylic acids is 2. The van der Waals surface area contributed by atoms with E-state index in [0.29, 0.717) is 49.7 Å². The van der Waals surface area contributed by atoms with Gasteiger partial charge in [0.05, 0.1) is 12.5 Å². The van der Waals surface area contributed by atoms with Gasteiger partial charge in [-0.25, -0.2) is 4.98 Å². The molecule has 3 rings (SSSR count). The van der Waals surface area contributed by atoms with Gasteiger partial charge in [0.15, 0.2) is 0 Å². The van der Waals surface area contributed by atoms with Crippen molar-refractivity contribution in [2.45, 2.75) is 19.8 Å². The van der Waals surface area contributed by atoms with Gasteiger partial charge in [0, 0.05) is 30.9 Å². The lowest BCUT2D eigenvalue weighted by Gasteiger charge is -2.31. The monoisotopic (exact) mass is 354 g/mol. The Hall–Kier alpha value is -2.89. The van der Waals surface area contributed by atoms with E-state index in [-0.39, 0.29) is 17.8 Å². The highest BCUT2D eigenvalue weighted by Gasteiger charge is 2.28. The van der Waals surface area contributed by atoms with Gasteiger partial charge in [-0.3, -0.25) is 9.59 Å². The minimum Gasteiger partial charge on any atom is -0.466 e. The number of rotatable bonds is 5. The Labute approximate surface area is 152 Å². The van der Waals surface area contributed by atoms with Gasteiger partial charge in [-0.2, -0.15) is 0 Å². The Kier molecular flexibility index (Phi) is 5.84. The molecule has 6 nitrogen and oxygen atoms in total. The largest absolute Gasteiger partial charge is 0.466 e. The van der Waals surface area contributed by atoms with E-state index in [1.165, 1.54) is 0 Å². The normalized spacial score (nSPS) is 14.7. The molecule has 1 aliphatic heterocycles. The number of esters is 1. The molecule has 1 aliphatic rings. The van der Waals surface area contributed by atoms with Crippen LogP contribution in [0.3, 0.4) is 0 Å². The third kappa shape index (κ3) is 4.39. The molecule has 0 atom stereocenters. The van der Waals surface area contributed by atoms with E-state index < -0.39 is 0 Å². The van der Waals surface area contributed by atoms with Crippen molar-refractivity contribution in [2.24, 2.45) is 5.92 Å². The fourth-order valence-electron chi connectivity index (χ4n) is 2.98. The van der Waals surface area contributed by atoms with Crippen molar-refractivity contribution >= 4 is 11.9 Å². The SMILES string of the molecule is CCOC(=O)C1CCN(C(=O)c2cccc(Oc3ccccn3)c2)CC1. The van der Waals surface area contributed by atoms with Crippen LogP contribution in [-0.4, -0.2) is 41.5 Å². The van der Waals surface area contributed by atoms with E-state index in [4.69, 9.17) is 9.47 Å².